The molecule has 0 aliphatic rings. The van der Waals surface area contributed by atoms with Crippen LogP contribution in [0.25, 0.3) is 21.8 Å². The van der Waals surface area contributed by atoms with Crippen molar-refractivity contribution in [3.05, 3.63) is 44.6 Å². The minimum atomic E-state index is 0.0304. The molecule has 94 valence electrons. The predicted molar refractivity (Wildman–Crippen MR) is 81.9 cm³/mol. The molecule has 6 heteroatoms. The number of nitrogens with zero attached hydrogens (tertiary/aromatic N) is 4. The molecule has 0 aliphatic heterocycles. The SMILES string of the molecule is N#Cc1nc2c(Br)c3ccccc3c(Br)c2nc1C#N. The van der Waals surface area contributed by atoms with E-state index in [1.807, 2.05) is 36.4 Å². The van der Waals surface area contributed by atoms with Crippen molar-refractivity contribution in [2.45, 2.75) is 0 Å². The van der Waals surface area contributed by atoms with E-state index in [0.29, 0.717) is 11.0 Å². The average molecular weight is 388 g/mol. The Balaban J connectivity index is 2.61. The van der Waals surface area contributed by atoms with Crippen LogP contribution in [0.15, 0.2) is 33.2 Å². The van der Waals surface area contributed by atoms with Gasteiger partial charge in [0.15, 0.2) is 11.4 Å². The van der Waals surface area contributed by atoms with E-state index in [0.717, 1.165) is 19.7 Å². The summed E-state index contributed by atoms with van der Waals surface area (Å²) in [6.45, 7) is 0. The summed E-state index contributed by atoms with van der Waals surface area (Å²) in [5.74, 6) is 0. The molecule has 20 heavy (non-hydrogen) atoms. The van der Waals surface area contributed by atoms with Crippen LogP contribution in [0.2, 0.25) is 0 Å². The summed E-state index contributed by atoms with van der Waals surface area (Å²) in [6, 6.07) is 11.6. The highest BCUT2D eigenvalue weighted by molar-refractivity contribution is 9.11. The third-order valence-electron chi connectivity index (χ3n) is 2.92. The maximum atomic E-state index is 9.05. The molecule has 0 fully saturated rings. The standard InChI is InChI=1S/C14H4Br2N4/c15-11-7-3-1-2-4-8(7)12(16)14-13(11)19-9(5-17)10(6-18)20-14/h1-4H. The zero-order valence-electron chi connectivity index (χ0n) is 9.85. The van der Waals surface area contributed by atoms with E-state index >= 15 is 0 Å². The smallest absolute Gasteiger partial charge is 0.177 e. The Kier molecular flexibility index (Phi) is 3.13. The van der Waals surface area contributed by atoms with Gasteiger partial charge in [-0.25, -0.2) is 9.97 Å². The van der Waals surface area contributed by atoms with Crippen LogP contribution >= 0.6 is 31.9 Å². The van der Waals surface area contributed by atoms with Crippen LogP contribution in [0.1, 0.15) is 11.4 Å². The van der Waals surface area contributed by atoms with Crippen LogP contribution in [0.3, 0.4) is 0 Å². The fourth-order valence-electron chi connectivity index (χ4n) is 2.02. The van der Waals surface area contributed by atoms with Crippen molar-refractivity contribution in [2.75, 3.05) is 0 Å². The normalized spacial score (nSPS) is 10.4. The molecule has 1 aromatic heterocycles. The minimum Gasteiger partial charge on any atom is -0.231 e. The molecule has 0 saturated carbocycles. The van der Waals surface area contributed by atoms with Crippen molar-refractivity contribution in [3.8, 4) is 12.1 Å². The maximum Gasteiger partial charge on any atom is 0.177 e. The number of halogens is 2. The first-order valence-electron chi connectivity index (χ1n) is 5.55. The Bertz CT molecular complexity index is 873. The Morgan fingerprint density at radius 2 is 1.20 bits per heavy atom. The molecule has 0 aliphatic carbocycles. The lowest BCUT2D eigenvalue weighted by Crippen LogP contribution is -1.97. The minimum absolute atomic E-state index is 0.0304. The summed E-state index contributed by atoms with van der Waals surface area (Å²) in [5.41, 5.74) is 1.18. The molecular weight excluding hydrogens is 384 g/mol. The molecule has 0 radical (unpaired) electrons. The molecule has 3 aromatic rings. The summed E-state index contributed by atoms with van der Waals surface area (Å²) >= 11 is 7.02. The molecule has 0 spiro atoms. The summed E-state index contributed by atoms with van der Waals surface area (Å²) in [7, 11) is 0. The second kappa shape index (κ2) is 4.82. The number of rotatable bonds is 0. The van der Waals surface area contributed by atoms with E-state index in [2.05, 4.69) is 41.8 Å². The van der Waals surface area contributed by atoms with Gasteiger partial charge in [0.1, 0.15) is 23.2 Å². The fraction of sp³-hybridized carbons (Fsp3) is 0. The second-order valence-corrected chi connectivity index (χ2v) is 5.60. The van der Waals surface area contributed by atoms with Gasteiger partial charge in [0.2, 0.25) is 0 Å². The van der Waals surface area contributed by atoms with Crippen LogP contribution in [0, 0.1) is 22.7 Å². The lowest BCUT2D eigenvalue weighted by molar-refractivity contribution is 1.19. The third kappa shape index (κ3) is 1.77. The summed E-state index contributed by atoms with van der Waals surface area (Å²) in [4.78, 5) is 8.50. The van der Waals surface area contributed by atoms with E-state index < -0.39 is 0 Å². The van der Waals surface area contributed by atoms with Crippen LogP contribution in [-0.4, -0.2) is 9.97 Å². The topological polar surface area (TPSA) is 73.4 Å². The van der Waals surface area contributed by atoms with Gasteiger partial charge in [-0.1, -0.05) is 24.3 Å². The van der Waals surface area contributed by atoms with E-state index in [9.17, 15) is 0 Å². The number of hydrogen-bond donors (Lipinski definition) is 0. The third-order valence-corrected chi connectivity index (χ3v) is 4.53. The Labute approximate surface area is 130 Å². The van der Waals surface area contributed by atoms with E-state index in [1.165, 1.54) is 0 Å². The van der Waals surface area contributed by atoms with Crippen molar-refractivity contribution in [2.24, 2.45) is 0 Å². The monoisotopic (exact) mass is 386 g/mol. The number of benzene rings is 2. The highest BCUT2D eigenvalue weighted by Crippen LogP contribution is 2.37. The number of nitriles is 2. The van der Waals surface area contributed by atoms with Gasteiger partial charge in [0, 0.05) is 0 Å². The number of hydrogen-bond acceptors (Lipinski definition) is 4. The van der Waals surface area contributed by atoms with Gasteiger partial charge in [0.05, 0.1) is 8.95 Å². The van der Waals surface area contributed by atoms with Gasteiger partial charge < -0.3 is 0 Å². The maximum absolute atomic E-state index is 9.05. The van der Waals surface area contributed by atoms with Gasteiger partial charge in [0.25, 0.3) is 0 Å². The highest BCUT2D eigenvalue weighted by Gasteiger charge is 2.16. The van der Waals surface area contributed by atoms with Crippen molar-refractivity contribution in [3.63, 3.8) is 0 Å². The van der Waals surface area contributed by atoms with Crippen molar-refractivity contribution < 1.29 is 0 Å². The largest absolute Gasteiger partial charge is 0.231 e. The van der Waals surface area contributed by atoms with E-state index in [1.54, 1.807) is 0 Å². The van der Waals surface area contributed by atoms with Crippen molar-refractivity contribution in [1.29, 1.82) is 10.5 Å². The molecule has 0 bridgehead atoms. The van der Waals surface area contributed by atoms with Crippen LogP contribution in [0.4, 0.5) is 0 Å². The molecule has 0 amide bonds. The van der Waals surface area contributed by atoms with Gasteiger partial charge >= 0.3 is 0 Å². The van der Waals surface area contributed by atoms with Crippen molar-refractivity contribution >= 4 is 53.7 Å². The van der Waals surface area contributed by atoms with Gasteiger partial charge in [-0.2, -0.15) is 10.5 Å². The number of fused-ring (bicyclic) bond motifs is 2. The molecule has 4 nitrogen and oxygen atoms in total. The Hall–Kier alpha value is -2.02. The summed E-state index contributed by atoms with van der Waals surface area (Å²) in [5, 5.41) is 20.0. The summed E-state index contributed by atoms with van der Waals surface area (Å²) in [6.07, 6.45) is 0. The van der Waals surface area contributed by atoms with Gasteiger partial charge in [-0.05, 0) is 42.6 Å². The van der Waals surface area contributed by atoms with Crippen LogP contribution in [-0.2, 0) is 0 Å². The lowest BCUT2D eigenvalue weighted by Gasteiger charge is -2.08. The predicted octanol–water partition coefficient (Wildman–Crippen LogP) is 4.05. The first-order chi connectivity index (χ1) is 9.67. The van der Waals surface area contributed by atoms with Gasteiger partial charge in [-0.15, -0.1) is 0 Å². The first-order valence-corrected chi connectivity index (χ1v) is 7.13. The van der Waals surface area contributed by atoms with Gasteiger partial charge in [-0.3, -0.25) is 0 Å². The zero-order chi connectivity index (χ0) is 14.3. The molecule has 0 atom stereocenters. The Morgan fingerprint density at radius 3 is 1.55 bits per heavy atom. The molecule has 0 unspecified atom stereocenters. The quantitative estimate of drug-likeness (QED) is 0.545. The first kappa shape index (κ1) is 13.0. The van der Waals surface area contributed by atoms with Crippen molar-refractivity contribution in [1.82, 2.24) is 9.97 Å². The molecule has 2 aromatic carbocycles. The average Bonchev–Trinajstić information content (AvgIpc) is 2.51. The molecular formula is C14H4Br2N4. The Morgan fingerprint density at radius 1 is 0.800 bits per heavy atom. The number of aromatic nitrogens is 2. The molecule has 0 saturated heterocycles. The van der Waals surface area contributed by atoms with E-state index in [-0.39, 0.29) is 11.4 Å². The lowest BCUT2D eigenvalue weighted by atomic mass is 10.1. The fourth-order valence-corrected chi connectivity index (χ4v) is 3.26. The molecule has 3 rings (SSSR count). The van der Waals surface area contributed by atoms with Crippen LogP contribution in [0.5, 0.6) is 0 Å². The highest BCUT2D eigenvalue weighted by atomic mass is 79.9. The molecule has 0 N–H and O–H groups in total. The van der Waals surface area contributed by atoms with Crippen LogP contribution < -0.4 is 0 Å². The molecule has 1 heterocycles. The summed E-state index contributed by atoms with van der Waals surface area (Å²) < 4.78 is 1.53. The van der Waals surface area contributed by atoms with E-state index in [4.69, 9.17) is 10.5 Å². The second-order valence-electron chi connectivity index (χ2n) is 4.02. The zero-order valence-corrected chi connectivity index (χ0v) is 13.0.